The molecule has 0 unspecified atom stereocenters. The Labute approximate surface area is 254 Å². The van der Waals surface area contributed by atoms with Gasteiger partial charge in [0.15, 0.2) is 0 Å². The monoisotopic (exact) mass is 572 g/mol. The molecule has 0 fully saturated rings. The van der Waals surface area contributed by atoms with E-state index in [1.807, 2.05) is 11.8 Å². The van der Waals surface area contributed by atoms with E-state index in [2.05, 4.69) is 157 Å². The first-order chi connectivity index (χ1) is 19.8. The first-order valence-electron chi connectivity index (χ1n) is 15.2. The van der Waals surface area contributed by atoms with Crippen molar-refractivity contribution in [3.8, 4) is 23.3 Å². The summed E-state index contributed by atoms with van der Waals surface area (Å²) in [6.45, 7) is 16.6. The first-order valence-corrected chi connectivity index (χ1v) is 18.4. The normalized spacial score (nSPS) is 12.3. The van der Waals surface area contributed by atoms with Crippen LogP contribution in [0.5, 0.6) is 0 Å². The smallest absolute Gasteiger partial charge is 0.124 e. The number of allylic oxidation sites excluding steroid dienone is 1. The second-order valence-electron chi connectivity index (χ2n) is 11.9. The lowest BCUT2D eigenvalue weighted by Gasteiger charge is -2.38. The highest BCUT2D eigenvalue weighted by Gasteiger charge is 2.41. The van der Waals surface area contributed by atoms with Gasteiger partial charge in [-0.2, -0.15) is 0 Å². The van der Waals surface area contributed by atoms with Crippen LogP contribution >= 0.6 is 11.8 Å². The number of rotatable bonds is 8. The van der Waals surface area contributed by atoms with E-state index in [9.17, 15) is 0 Å². The summed E-state index contributed by atoms with van der Waals surface area (Å²) in [5.74, 6) is 12.1. The highest BCUT2D eigenvalue weighted by molar-refractivity contribution is 8.08. The van der Waals surface area contributed by atoms with Crippen molar-refractivity contribution in [1.82, 2.24) is 0 Å². The minimum Gasteiger partial charge on any atom is -0.124 e. The highest BCUT2D eigenvalue weighted by atomic mass is 32.2. The van der Waals surface area contributed by atoms with E-state index in [4.69, 9.17) is 0 Å². The van der Waals surface area contributed by atoms with Crippen molar-refractivity contribution in [3.63, 3.8) is 0 Å². The minimum atomic E-state index is -1.95. The van der Waals surface area contributed by atoms with Gasteiger partial charge < -0.3 is 0 Å². The van der Waals surface area contributed by atoms with E-state index in [0.717, 1.165) is 16.9 Å². The summed E-state index contributed by atoms with van der Waals surface area (Å²) in [4.78, 5) is 1.22. The van der Waals surface area contributed by atoms with Gasteiger partial charge in [-0.1, -0.05) is 152 Å². The summed E-state index contributed by atoms with van der Waals surface area (Å²) in [5.41, 5.74) is 8.97. The molecule has 0 bridgehead atoms. The second-order valence-corrected chi connectivity index (χ2v) is 18.5. The van der Waals surface area contributed by atoms with Crippen molar-refractivity contribution in [3.05, 3.63) is 102 Å². The van der Waals surface area contributed by atoms with Crippen molar-refractivity contribution < 1.29 is 0 Å². The first kappa shape index (κ1) is 30.8. The predicted molar refractivity (Wildman–Crippen MR) is 188 cm³/mol. The van der Waals surface area contributed by atoms with E-state index in [1.165, 1.54) is 44.9 Å². The third kappa shape index (κ3) is 6.84. The Morgan fingerprint density at radius 2 is 1.24 bits per heavy atom. The summed E-state index contributed by atoms with van der Waals surface area (Å²) in [5, 5.41) is 4.92. The number of hydrogen-bond acceptors (Lipinski definition) is 1. The number of fused-ring (bicyclic) bond motifs is 2. The maximum atomic E-state index is 4.01. The lowest BCUT2D eigenvalue weighted by molar-refractivity contribution is 0.838. The van der Waals surface area contributed by atoms with E-state index in [1.54, 1.807) is 0 Å². The molecule has 0 aliphatic carbocycles. The van der Waals surface area contributed by atoms with Crippen molar-refractivity contribution in [2.45, 2.75) is 77.9 Å². The Kier molecular flexibility index (Phi) is 10.6. The fourth-order valence-electron chi connectivity index (χ4n) is 6.24. The average molecular weight is 573 g/mol. The van der Waals surface area contributed by atoms with Crippen LogP contribution in [0.15, 0.2) is 90.5 Å². The van der Waals surface area contributed by atoms with E-state index < -0.39 is 8.07 Å². The molecule has 4 aromatic rings. The molecule has 0 N–H and O–H groups in total. The molecule has 0 aromatic heterocycles. The van der Waals surface area contributed by atoms with Gasteiger partial charge in [0.25, 0.3) is 0 Å². The Morgan fingerprint density at radius 3 is 1.88 bits per heavy atom. The lowest BCUT2D eigenvalue weighted by Crippen LogP contribution is -2.43. The fourth-order valence-corrected chi connectivity index (χ4v) is 12.7. The van der Waals surface area contributed by atoms with Crippen molar-refractivity contribution >= 4 is 46.3 Å². The Morgan fingerprint density at radius 1 is 0.683 bits per heavy atom. The standard InChI is InChI=1S/C39H44SSi/c1-8-9-27-40-39(38-23-15-20-33-17-11-13-22-37(33)38)35(26-28-41(29(2)3,30(4)5)31(6)7)25-24-34-19-14-18-32-16-10-12-21-36(32)34/h10-23,29-31H,8-9,27H2,1-7H3/b39-35-. The Balaban J connectivity index is 2.04. The topological polar surface area (TPSA) is 0 Å². The molecule has 0 spiro atoms. The Hall–Kier alpha value is -3.17. The van der Waals surface area contributed by atoms with E-state index in [-0.39, 0.29) is 0 Å². The fraction of sp³-hybridized carbons (Fsp3) is 0.333. The van der Waals surface area contributed by atoms with Crippen LogP contribution in [0.3, 0.4) is 0 Å². The molecule has 4 rings (SSSR count). The predicted octanol–water partition coefficient (Wildman–Crippen LogP) is 11.5. The van der Waals surface area contributed by atoms with Crippen LogP contribution in [-0.2, 0) is 0 Å². The van der Waals surface area contributed by atoms with Crippen molar-refractivity contribution in [2.75, 3.05) is 5.75 Å². The van der Waals surface area contributed by atoms with Crippen LogP contribution in [-0.4, -0.2) is 13.8 Å². The molecule has 0 nitrogen and oxygen atoms in total. The number of thioether (sulfide) groups is 1. The third-order valence-corrected chi connectivity index (χ3v) is 15.9. The zero-order valence-corrected chi connectivity index (χ0v) is 27.7. The van der Waals surface area contributed by atoms with Crippen LogP contribution in [0.2, 0.25) is 16.6 Å². The van der Waals surface area contributed by atoms with Gasteiger partial charge in [0.1, 0.15) is 8.07 Å². The summed E-state index contributed by atoms with van der Waals surface area (Å²) < 4.78 is 0. The van der Waals surface area contributed by atoms with Gasteiger partial charge in [0.2, 0.25) is 0 Å². The summed E-state index contributed by atoms with van der Waals surface area (Å²) in [6.07, 6.45) is 2.33. The average Bonchev–Trinajstić information content (AvgIpc) is 2.97. The number of benzene rings is 4. The van der Waals surface area contributed by atoms with E-state index in [0.29, 0.717) is 16.6 Å². The van der Waals surface area contributed by atoms with E-state index >= 15 is 0 Å². The summed E-state index contributed by atoms with van der Waals surface area (Å²) in [6, 6.07) is 30.3. The molecule has 41 heavy (non-hydrogen) atoms. The summed E-state index contributed by atoms with van der Waals surface area (Å²) >= 11 is 1.93. The summed E-state index contributed by atoms with van der Waals surface area (Å²) in [7, 11) is -1.95. The molecule has 0 atom stereocenters. The zero-order chi connectivity index (χ0) is 29.4. The minimum absolute atomic E-state index is 0.566. The van der Waals surface area contributed by atoms with Crippen molar-refractivity contribution in [1.29, 1.82) is 0 Å². The molecule has 0 aliphatic rings. The lowest BCUT2D eigenvalue weighted by atomic mass is 10.0. The molecular weight excluding hydrogens is 529 g/mol. The molecule has 0 radical (unpaired) electrons. The van der Waals surface area contributed by atoms with Gasteiger partial charge in [-0.05, 0) is 62.0 Å². The van der Waals surface area contributed by atoms with Gasteiger partial charge in [0.05, 0.1) is 5.57 Å². The molecular formula is C39H44SSi. The Bertz CT molecular complexity index is 1620. The molecule has 210 valence electrons. The second kappa shape index (κ2) is 14.1. The largest absolute Gasteiger partial charge is 0.146 e. The van der Waals surface area contributed by atoms with Gasteiger partial charge >= 0.3 is 0 Å². The molecule has 4 aromatic carbocycles. The molecule has 0 saturated heterocycles. The van der Waals surface area contributed by atoms with Gasteiger partial charge in [-0.25, -0.2) is 0 Å². The SMILES string of the molecule is CCCCS/C(=C(/C#Cc1cccc2ccccc12)C#C[Si](C(C)C)(C(C)C)C(C)C)c1cccc2ccccc12. The maximum Gasteiger partial charge on any atom is 0.146 e. The highest BCUT2D eigenvalue weighted by Crippen LogP contribution is 2.41. The molecule has 0 saturated carbocycles. The van der Waals surface area contributed by atoms with Crippen LogP contribution in [0.25, 0.3) is 26.5 Å². The number of hydrogen-bond donors (Lipinski definition) is 0. The molecule has 0 aliphatic heterocycles. The molecule has 0 amide bonds. The van der Waals surface area contributed by atoms with Crippen molar-refractivity contribution in [2.24, 2.45) is 0 Å². The quantitative estimate of drug-likeness (QED) is 0.115. The van der Waals surface area contributed by atoms with Crippen LogP contribution < -0.4 is 0 Å². The van der Waals surface area contributed by atoms with Gasteiger partial charge in [-0.15, -0.1) is 17.3 Å². The zero-order valence-electron chi connectivity index (χ0n) is 25.8. The van der Waals surface area contributed by atoms with Crippen LogP contribution in [0, 0.1) is 23.3 Å². The van der Waals surface area contributed by atoms with Crippen LogP contribution in [0.1, 0.15) is 72.4 Å². The molecule has 2 heteroatoms. The number of unbranched alkanes of at least 4 members (excludes halogenated alkanes) is 1. The van der Waals surface area contributed by atoms with Crippen LogP contribution in [0.4, 0.5) is 0 Å². The van der Waals surface area contributed by atoms with Gasteiger partial charge in [-0.3, -0.25) is 0 Å². The van der Waals surface area contributed by atoms with Gasteiger partial charge in [0, 0.05) is 10.5 Å². The third-order valence-electron chi connectivity index (χ3n) is 8.39. The maximum absolute atomic E-state index is 4.01. The molecule has 0 heterocycles.